The van der Waals surface area contributed by atoms with Crippen molar-refractivity contribution in [3.63, 3.8) is 0 Å². The molecule has 0 saturated heterocycles. The van der Waals surface area contributed by atoms with Gasteiger partial charge >= 0.3 is 0 Å². The molecule has 1 N–H and O–H groups in total. The summed E-state index contributed by atoms with van der Waals surface area (Å²) >= 11 is 0. The molecule has 76 valence electrons. The second kappa shape index (κ2) is 3.62. The minimum absolute atomic E-state index is 0.207. The molecule has 0 aliphatic carbocycles. The number of aliphatic hydroxyl groups is 1. The lowest BCUT2D eigenvalue weighted by molar-refractivity contribution is 0.166. The SMILES string of the molecule is CC(O)C(C)N1CCc2ccccc21. The van der Waals surface area contributed by atoms with Gasteiger partial charge in [0, 0.05) is 12.2 Å². The zero-order valence-electron chi connectivity index (χ0n) is 8.77. The number of hydrogen-bond donors (Lipinski definition) is 1. The molecular formula is C12H17NO. The Kier molecular flexibility index (Phi) is 2.46. The van der Waals surface area contributed by atoms with Gasteiger partial charge in [0.2, 0.25) is 0 Å². The second-order valence-corrected chi connectivity index (χ2v) is 4.05. The molecule has 1 heterocycles. The van der Waals surface area contributed by atoms with Crippen molar-refractivity contribution in [2.75, 3.05) is 11.4 Å². The first-order chi connectivity index (χ1) is 6.70. The Hall–Kier alpha value is -1.02. The van der Waals surface area contributed by atoms with E-state index < -0.39 is 0 Å². The Morgan fingerprint density at radius 1 is 1.29 bits per heavy atom. The van der Waals surface area contributed by atoms with Crippen molar-refractivity contribution in [1.82, 2.24) is 0 Å². The van der Waals surface area contributed by atoms with Gasteiger partial charge in [0.15, 0.2) is 0 Å². The van der Waals surface area contributed by atoms with E-state index in [2.05, 4.69) is 36.1 Å². The number of aliphatic hydroxyl groups excluding tert-OH is 1. The summed E-state index contributed by atoms with van der Waals surface area (Å²) in [6.45, 7) is 4.96. The highest BCUT2D eigenvalue weighted by Gasteiger charge is 2.25. The Morgan fingerprint density at radius 3 is 2.71 bits per heavy atom. The van der Waals surface area contributed by atoms with Gasteiger partial charge in [-0.15, -0.1) is 0 Å². The molecule has 2 rings (SSSR count). The summed E-state index contributed by atoms with van der Waals surface area (Å²) in [6.07, 6.45) is 0.828. The lowest BCUT2D eigenvalue weighted by Gasteiger charge is -2.29. The fourth-order valence-electron chi connectivity index (χ4n) is 2.05. The number of fused-ring (bicyclic) bond motifs is 1. The number of benzene rings is 1. The number of hydrogen-bond acceptors (Lipinski definition) is 2. The fourth-order valence-corrected chi connectivity index (χ4v) is 2.05. The van der Waals surface area contributed by atoms with Crippen LogP contribution in [-0.2, 0) is 6.42 Å². The first-order valence-electron chi connectivity index (χ1n) is 5.23. The van der Waals surface area contributed by atoms with Crippen LogP contribution in [0.4, 0.5) is 5.69 Å². The van der Waals surface area contributed by atoms with E-state index in [-0.39, 0.29) is 12.1 Å². The van der Waals surface area contributed by atoms with E-state index >= 15 is 0 Å². The Balaban J connectivity index is 2.26. The molecule has 1 aromatic carbocycles. The highest BCUT2D eigenvalue weighted by molar-refractivity contribution is 5.58. The van der Waals surface area contributed by atoms with Crippen LogP contribution in [0.3, 0.4) is 0 Å². The number of para-hydroxylation sites is 1. The van der Waals surface area contributed by atoms with Gasteiger partial charge in [-0.25, -0.2) is 0 Å². The van der Waals surface area contributed by atoms with Gasteiger partial charge in [-0.3, -0.25) is 0 Å². The van der Waals surface area contributed by atoms with Crippen molar-refractivity contribution in [1.29, 1.82) is 0 Å². The molecular weight excluding hydrogens is 174 g/mol. The Bertz CT molecular complexity index is 322. The maximum atomic E-state index is 9.57. The lowest BCUT2D eigenvalue weighted by atomic mass is 10.1. The van der Waals surface area contributed by atoms with E-state index in [9.17, 15) is 5.11 Å². The second-order valence-electron chi connectivity index (χ2n) is 4.05. The molecule has 0 amide bonds. The summed E-state index contributed by atoms with van der Waals surface area (Å²) in [4.78, 5) is 2.29. The molecule has 2 nitrogen and oxygen atoms in total. The number of anilines is 1. The molecule has 0 spiro atoms. The predicted molar refractivity (Wildman–Crippen MR) is 58.6 cm³/mol. The van der Waals surface area contributed by atoms with Crippen molar-refractivity contribution in [2.24, 2.45) is 0 Å². The molecule has 2 atom stereocenters. The van der Waals surface area contributed by atoms with E-state index in [1.165, 1.54) is 11.3 Å². The zero-order valence-corrected chi connectivity index (χ0v) is 8.77. The monoisotopic (exact) mass is 191 g/mol. The van der Waals surface area contributed by atoms with E-state index in [1.54, 1.807) is 0 Å². The largest absolute Gasteiger partial charge is 0.391 e. The molecule has 0 fully saturated rings. The molecule has 1 aliphatic rings. The molecule has 0 radical (unpaired) electrons. The van der Waals surface area contributed by atoms with Crippen LogP contribution in [0.1, 0.15) is 19.4 Å². The predicted octanol–water partition coefficient (Wildman–Crippen LogP) is 1.82. The highest BCUT2D eigenvalue weighted by Crippen LogP contribution is 2.29. The average Bonchev–Trinajstić information content (AvgIpc) is 2.60. The van der Waals surface area contributed by atoms with Crippen LogP contribution in [0.5, 0.6) is 0 Å². The summed E-state index contributed by atoms with van der Waals surface area (Å²) in [5.41, 5.74) is 2.70. The van der Waals surface area contributed by atoms with Crippen LogP contribution in [0.25, 0.3) is 0 Å². The van der Waals surface area contributed by atoms with Crippen LogP contribution in [-0.4, -0.2) is 23.8 Å². The molecule has 1 aromatic rings. The van der Waals surface area contributed by atoms with Crippen LogP contribution in [0.2, 0.25) is 0 Å². The third-order valence-corrected chi connectivity index (χ3v) is 3.11. The summed E-state index contributed by atoms with van der Waals surface area (Å²) in [6, 6.07) is 8.66. The van der Waals surface area contributed by atoms with Crippen LogP contribution >= 0.6 is 0 Å². The minimum Gasteiger partial charge on any atom is -0.391 e. The van der Waals surface area contributed by atoms with Crippen molar-refractivity contribution in [3.8, 4) is 0 Å². The van der Waals surface area contributed by atoms with Crippen molar-refractivity contribution < 1.29 is 5.11 Å². The Morgan fingerprint density at radius 2 is 2.00 bits per heavy atom. The molecule has 2 unspecified atom stereocenters. The van der Waals surface area contributed by atoms with Crippen LogP contribution in [0, 0.1) is 0 Å². The molecule has 14 heavy (non-hydrogen) atoms. The van der Waals surface area contributed by atoms with E-state index in [1.807, 2.05) is 6.92 Å². The molecule has 2 heteroatoms. The van der Waals surface area contributed by atoms with Gasteiger partial charge in [0.05, 0.1) is 12.1 Å². The first-order valence-corrected chi connectivity index (χ1v) is 5.23. The molecule has 0 aromatic heterocycles. The quantitative estimate of drug-likeness (QED) is 0.770. The smallest absolute Gasteiger partial charge is 0.0712 e. The van der Waals surface area contributed by atoms with Crippen LogP contribution < -0.4 is 4.90 Å². The normalized spacial score (nSPS) is 19.2. The van der Waals surface area contributed by atoms with Gasteiger partial charge in [0.25, 0.3) is 0 Å². The van der Waals surface area contributed by atoms with Crippen molar-refractivity contribution in [2.45, 2.75) is 32.4 Å². The van der Waals surface area contributed by atoms with Gasteiger partial charge in [-0.2, -0.15) is 0 Å². The van der Waals surface area contributed by atoms with Crippen molar-refractivity contribution >= 4 is 5.69 Å². The Labute approximate surface area is 85.2 Å². The van der Waals surface area contributed by atoms with E-state index in [0.717, 1.165) is 13.0 Å². The fraction of sp³-hybridized carbons (Fsp3) is 0.500. The molecule has 0 bridgehead atoms. The summed E-state index contributed by atoms with van der Waals surface area (Å²) < 4.78 is 0. The average molecular weight is 191 g/mol. The lowest BCUT2D eigenvalue weighted by Crippen LogP contribution is -2.39. The third kappa shape index (κ3) is 1.50. The van der Waals surface area contributed by atoms with E-state index in [4.69, 9.17) is 0 Å². The first kappa shape index (κ1) is 9.53. The van der Waals surface area contributed by atoms with Gasteiger partial charge in [-0.1, -0.05) is 18.2 Å². The minimum atomic E-state index is -0.277. The molecule has 0 saturated carbocycles. The topological polar surface area (TPSA) is 23.5 Å². The summed E-state index contributed by atoms with van der Waals surface area (Å²) in [5, 5.41) is 9.57. The van der Waals surface area contributed by atoms with Gasteiger partial charge in [-0.05, 0) is 31.9 Å². The maximum absolute atomic E-state index is 9.57. The maximum Gasteiger partial charge on any atom is 0.0712 e. The van der Waals surface area contributed by atoms with Crippen LogP contribution in [0.15, 0.2) is 24.3 Å². The van der Waals surface area contributed by atoms with Gasteiger partial charge in [0.1, 0.15) is 0 Å². The number of nitrogens with zero attached hydrogens (tertiary/aromatic N) is 1. The molecule has 1 aliphatic heterocycles. The van der Waals surface area contributed by atoms with Gasteiger partial charge < -0.3 is 10.0 Å². The zero-order chi connectivity index (χ0) is 10.1. The van der Waals surface area contributed by atoms with E-state index in [0.29, 0.717) is 0 Å². The summed E-state index contributed by atoms with van der Waals surface area (Å²) in [5.74, 6) is 0. The summed E-state index contributed by atoms with van der Waals surface area (Å²) in [7, 11) is 0. The van der Waals surface area contributed by atoms with Crippen molar-refractivity contribution in [3.05, 3.63) is 29.8 Å². The standard InChI is InChI=1S/C12H17NO/c1-9(10(2)14)13-8-7-11-5-3-4-6-12(11)13/h3-6,9-10,14H,7-8H2,1-2H3. The third-order valence-electron chi connectivity index (χ3n) is 3.11. The number of rotatable bonds is 2. The highest BCUT2D eigenvalue weighted by atomic mass is 16.3.